The number of alkyl halides is 2. The van der Waals surface area contributed by atoms with Gasteiger partial charge in [0.25, 0.3) is 6.43 Å². The van der Waals surface area contributed by atoms with Gasteiger partial charge in [0, 0.05) is 10.0 Å². The molecule has 92 valence electrons. The van der Waals surface area contributed by atoms with E-state index in [1.54, 1.807) is 16.7 Å². The Balaban J connectivity index is 2.83. The Morgan fingerprint density at radius 2 is 1.94 bits per heavy atom. The molecule has 0 bridgehead atoms. The summed E-state index contributed by atoms with van der Waals surface area (Å²) in [5, 5.41) is 0. The average molecular weight is 303 g/mol. The van der Waals surface area contributed by atoms with Crippen molar-refractivity contribution in [1.82, 2.24) is 9.55 Å². The van der Waals surface area contributed by atoms with E-state index in [0.717, 1.165) is 9.99 Å². The molecule has 2 aromatic rings. The van der Waals surface area contributed by atoms with Crippen LogP contribution in [0, 0.1) is 0 Å². The van der Waals surface area contributed by atoms with Crippen molar-refractivity contribution in [3.05, 3.63) is 28.5 Å². The average Bonchev–Trinajstić information content (AvgIpc) is 2.55. The molecule has 0 unspecified atom stereocenters. The van der Waals surface area contributed by atoms with E-state index in [2.05, 4.69) is 20.9 Å². The van der Waals surface area contributed by atoms with Crippen molar-refractivity contribution in [3.8, 4) is 0 Å². The lowest BCUT2D eigenvalue weighted by Crippen LogP contribution is -2.24. The van der Waals surface area contributed by atoms with Crippen molar-refractivity contribution < 1.29 is 8.78 Å². The fraction of sp³-hybridized carbons (Fsp3) is 0.417. The first kappa shape index (κ1) is 12.5. The van der Waals surface area contributed by atoms with Gasteiger partial charge in [-0.3, -0.25) is 0 Å². The van der Waals surface area contributed by atoms with E-state index in [9.17, 15) is 8.78 Å². The lowest BCUT2D eigenvalue weighted by molar-refractivity contribution is 0.129. The summed E-state index contributed by atoms with van der Waals surface area (Å²) in [7, 11) is 0. The molecular weight excluding hydrogens is 290 g/mol. The molecule has 0 aliphatic carbocycles. The zero-order valence-electron chi connectivity index (χ0n) is 9.84. The van der Waals surface area contributed by atoms with Crippen LogP contribution in [0.15, 0.2) is 22.7 Å². The van der Waals surface area contributed by atoms with Crippen LogP contribution < -0.4 is 0 Å². The van der Waals surface area contributed by atoms with Crippen molar-refractivity contribution >= 4 is 27.0 Å². The first-order valence-electron chi connectivity index (χ1n) is 5.27. The van der Waals surface area contributed by atoms with Crippen molar-refractivity contribution in [3.63, 3.8) is 0 Å². The molecule has 5 heteroatoms. The summed E-state index contributed by atoms with van der Waals surface area (Å²) in [6.45, 7) is 5.67. The molecule has 2 nitrogen and oxygen atoms in total. The molecule has 1 aromatic heterocycles. The fourth-order valence-corrected chi connectivity index (χ4v) is 2.27. The van der Waals surface area contributed by atoms with Crippen molar-refractivity contribution in [2.75, 3.05) is 0 Å². The molecule has 0 amide bonds. The highest BCUT2D eigenvalue weighted by Gasteiger charge is 2.26. The lowest BCUT2D eigenvalue weighted by atomic mass is 10.1. The SMILES string of the molecule is CC(C)(C)n1c(C(F)F)nc2ccc(Br)cc21. The monoisotopic (exact) mass is 302 g/mol. The van der Waals surface area contributed by atoms with Gasteiger partial charge in [0.2, 0.25) is 0 Å². The van der Waals surface area contributed by atoms with Gasteiger partial charge in [-0.1, -0.05) is 15.9 Å². The molecule has 0 atom stereocenters. The Kier molecular flexibility index (Phi) is 2.97. The summed E-state index contributed by atoms with van der Waals surface area (Å²) in [5.74, 6) is -0.175. The highest BCUT2D eigenvalue weighted by atomic mass is 79.9. The minimum Gasteiger partial charge on any atom is -0.318 e. The van der Waals surface area contributed by atoms with Crippen molar-refractivity contribution in [2.24, 2.45) is 0 Å². The Hall–Kier alpha value is -0.970. The largest absolute Gasteiger partial charge is 0.318 e. The maximum atomic E-state index is 13.0. The lowest BCUT2D eigenvalue weighted by Gasteiger charge is -2.24. The summed E-state index contributed by atoms with van der Waals surface area (Å²) >= 11 is 3.35. The normalized spacial score (nSPS) is 12.6. The van der Waals surface area contributed by atoms with Gasteiger partial charge in [-0.05, 0) is 39.0 Å². The molecule has 0 aliphatic rings. The highest BCUT2D eigenvalue weighted by Crippen LogP contribution is 2.31. The van der Waals surface area contributed by atoms with E-state index in [-0.39, 0.29) is 5.82 Å². The van der Waals surface area contributed by atoms with E-state index < -0.39 is 12.0 Å². The van der Waals surface area contributed by atoms with Crippen LogP contribution in [0.2, 0.25) is 0 Å². The molecule has 0 aliphatic heterocycles. The Labute approximate surface area is 107 Å². The topological polar surface area (TPSA) is 17.8 Å². The van der Waals surface area contributed by atoms with Crippen LogP contribution in [0.25, 0.3) is 11.0 Å². The van der Waals surface area contributed by atoms with Gasteiger partial charge in [0.05, 0.1) is 11.0 Å². The van der Waals surface area contributed by atoms with Gasteiger partial charge < -0.3 is 4.57 Å². The molecule has 1 aromatic carbocycles. The summed E-state index contributed by atoms with van der Waals surface area (Å²) < 4.78 is 28.5. The quantitative estimate of drug-likeness (QED) is 0.759. The molecule has 0 saturated heterocycles. The molecule has 0 saturated carbocycles. The highest BCUT2D eigenvalue weighted by molar-refractivity contribution is 9.10. The number of hydrogen-bond acceptors (Lipinski definition) is 1. The third-order valence-electron chi connectivity index (χ3n) is 2.51. The van der Waals surface area contributed by atoms with Crippen LogP contribution in [0.4, 0.5) is 8.78 Å². The van der Waals surface area contributed by atoms with Crippen LogP contribution >= 0.6 is 15.9 Å². The molecule has 2 rings (SSSR count). The van der Waals surface area contributed by atoms with Crippen molar-refractivity contribution in [1.29, 1.82) is 0 Å². The van der Waals surface area contributed by atoms with E-state index >= 15 is 0 Å². The molecule has 0 spiro atoms. The maximum Gasteiger partial charge on any atom is 0.295 e. The second-order valence-corrected chi connectivity index (χ2v) is 5.83. The molecule has 0 radical (unpaired) electrons. The van der Waals surface area contributed by atoms with E-state index in [1.807, 2.05) is 26.8 Å². The van der Waals surface area contributed by atoms with Gasteiger partial charge in [0.15, 0.2) is 5.82 Å². The number of halogens is 3. The van der Waals surface area contributed by atoms with Gasteiger partial charge in [0.1, 0.15) is 0 Å². The minimum atomic E-state index is -2.57. The molecule has 0 N–H and O–H groups in total. The number of rotatable bonds is 1. The smallest absolute Gasteiger partial charge is 0.295 e. The van der Waals surface area contributed by atoms with E-state index in [1.165, 1.54) is 0 Å². The van der Waals surface area contributed by atoms with Crippen LogP contribution in [0.3, 0.4) is 0 Å². The summed E-state index contributed by atoms with van der Waals surface area (Å²) in [5.41, 5.74) is 0.891. The molecule has 1 heterocycles. The van der Waals surface area contributed by atoms with Gasteiger partial charge in [-0.2, -0.15) is 0 Å². The van der Waals surface area contributed by atoms with E-state index in [0.29, 0.717) is 5.52 Å². The van der Waals surface area contributed by atoms with Crippen LogP contribution in [0.1, 0.15) is 33.0 Å². The second-order valence-electron chi connectivity index (χ2n) is 4.91. The van der Waals surface area contributed by atoms with Gasteiger partial charge in [-0.25, -0.2) is 13.8 Å². The molecule has 0 fully saturated rings. The third kappa shape index (κ3) is 2.20. The number of fused-ring (bicyclic) bond motifs is 1. The van der Waals surface area contributed by atoms with Crippen LogP contribution in [-0.4, -0.2) is 9.55 Å². The number of imidazole rings is 1. The van der Waals surface area contributed by atoms with Crippen LogP contribution in [-0.2, 0) is 5.54 Å². The predicted octanol–water partition coefficient (Wildman–Crippen LogP) is 4.49. The Morgan fingerprint density at radius 3 is 2.47 bits per heavy atom. The van der Waals surface area contributed by atoms with Gasteiger partial charge in [-0.15, -0.1) is 0 Å². The van der Waals surface area contributed by atoms with Crippen molar-refractivity contribution in [2.45, 2.75) is 32.7 Å². The number of nitrogens with zero attached hydrogens (tertiary/aromatic N) is 2. The second kappa shape index (κ2) is 4.05. The van der Waals surface area contributed by atoms with Crippen LogP contribution in [0.5, 0.6) is 0 Å². The fourth-order valence-electron chi connectivity index (χ4n) is 1.92. The standard InChI is InChI=1S/C12H13BrF2N2/c1-12(2,3)17-9-6-7(13)4-5-8(9)16-11(17)10(14)15/h4-6,10H,1-3H3. The third-order valence-corrected chi connectivity index (χ3v) is 3.00. The maximum absolute atomic E-state index is 13.0. The molecule has 17 heavy (non-hydrogen) atoms. The first-order valence-corrected chi connectivity index (χ1v) is 6.06. The number of aromatic nitrogens is 2. The number of benzene rings is 1. The Morgan fingerprint density at radius 1 is 1.29 bits per heavy atom. The zero-order valence-corrected chi connectivity index (χ0v) is 11.4. The Bertz CT molecular complexity index is 555. The number of hydrogen-bond donors (Lipinski definition) is 0. The van der Waals surface area contributed by atoms with Gasteiger partial charge >= 0.3 is 0 Å². The predicted molar refractivity (Wildman–Crippen MR) is 67.4 cm³/mol. The van der Waals surface area contributed by atoms with E-state index in [4.69, 9.17) is 0 Å². The summed E-state index contributed by atoms with van der Waals surface area (Å²) in [4.78, 5) is 4.01. The first-order chi connectivity index (χ1) is 7.80. The molecular formula is C12H13BrF2N2. The summed E-state index contributed by atoms with van der Waals surface area (Å²) in [6.07, 6.45) is -2.57. The zero-order chi connectivity index (χ0) is 12.8. The minimum absolute atomic E-state index is 0.175. The summed E-state index contributed by atoms with van der Waals surface area (Å²) in [6, 6.07) is 5.37.